The number of aliphatic hydroxyl groups excluding tert-OH is 1. The van der Waals surface area contributed by atoms with Gasteiger partial charge in [-0.3, -0.25) is 4.79 Å². The minimum absolute atomic E-state index is 0.156. The molecule has 2 aromatic rings. The highest BCUT2D eigenvalue weighted by Gasteiger charge is 2.45. The van der Waals surface area contributed by atoms with E-state index in [1.54, 1.807) is 0 Å². The van der Waals surface area contributed by atoms with Crippen LogP contribution < -0.4 is 5.32 Å². The summed E-state index contributed by atoms with van der Waals surface area (Å²) < 4.78 is 26.7. The molecule has 0 aromatic heterocycles. The van der Waals surface area contributed by atoms with Crippen molar-refractivity contribution in [3.05, 3.63) is 71.3 Å². The molecule has 3 unspecified atom stereocenters. The number of halogens is 2. The van der Waals surface area contributed by atoms with Gasteiger partial charge in [-0.15, -0.1) is 0 Å². The molecule has 1 fully saturated rings. The van der Waals surface area contributed by atoms with Crippen molar-refractivity contribution in [3.8, 4) is 0 Å². The molecule has 1 amide bonds. The molecule has 0 bridgehead atoms. The standard InChI is InChI=1S/C19H19F2NO2/c20-13-6-7-15(18(21)9-13)16-10-17(16)19(24)22-11-14(23)8-12-4-2-1-3-5-12/h1-7,9,14,16-17,23H,8,10-11H2,(H,22,24). The molecule has 1 aliphatic carbocycles. The molecule has 5 heteroatoms. The van der Waals surface area contributed by atoms with Gasteiger partial charge in [0, 0.05) is 24.9 Å². The maximum atomic E-state index is 13.7. The van der Waals surface area contributed by atoms with E-state index in [0.717, 1.165) is 11.6 Å². The summed E-state index contributed by atoms with van der Waals surface area (Å²) in [5.74, 6) is -1.96. The van der Waals surface area contributed by atoms with Crippen LogP contribution >= 0.6 is 0 Å². The Morgan fingerprint density at radius 3 is 2.67 bits per heavy atom. The van der Waals surface area contributed by atoms with Crippen molar-refractivity contribution in [2.45, 2.75) is 24.9 Å². The maximum Gasteiger partial charge on any atom is 0.223 e. The van der Waals surface area contributed by atoms with Crippen molar-refractivity contribution in [1.82, 2.24) is 5.32 Å². The highest BCUT2D eigenvalue weighted by atomic mass is 19.1. The number of rotatable bonds is 6. The van der Waals surface area contributed by atoms with Crippen LogP contribution in [0.4, 0.5) is 8.78 Å². The van der Waals surface area contributed by atoms with Gasteiger partial charge >= 0.3 is 0 Å². The summed E-state index contributed by atoms with van der Waals surface area (Å²) in [6.45, 7) is 0.156. The summed E-state index contributed by atoms with van der Waals surface area (Å²) >= 11 is 0. The first kappa shape index (κ1) is 16.6. The Hall–Kier alpha value is -2.27. The molecule has 24 heavy (non-hydrogen) atoms. The van der Waals surface area contributed by atoms with E-state index in [1.165, 1.54) is 12.1 Å². The molecule has 3 rings (SSSR count). The predicted molar refractivity (Wildman–Crippen MR) is 86.4 cm³/mol. The molecule has 0 heterocycles. The molecule has 2 aromatic carbocycles. The molecule has 3 nitrogen and oxygen atoms in total. The Bertz CT molecular complexity index is 721. The Labute approximate surface area is 139 Å². The van der Waals surface area contributed by atoms with Gasteiger partial charge in [0.05, 0.1) is 6.10 Å². The van der Waals surface area contributed by atoms with Gasteiger partial charge in [-0.05, 0) is 29.5 Å². The van der Waals surface area contributed by atoms with E-state index in [4.69, 9.17) is 0 Å². The van der Waals surface area contributed by atoms with Crippen LogP contribution in [-0.2, 0) is 11.2 Å². The van der Waals surface area contributed by atoms with E-state index in [0.29, 0.717) is 18.4 Å². The van der Waals surface area contributed by atoms with Gasteiger partial charge in [-0.25, -0.2) is 8.78 Å². The smallest absolute Gasteiger partial charge is 0.223 e. The monoisotopic (exact) mass is 331 g/mol. The van der Waals surface area contributed by atoms with Crippen molar-refractivity contribution < 1.29 is 18.7 Å². The van der Waals surface area contributed by atoms with Crippen molar-refractivity contribution in [3.63, 3.8) is 0 Å². The third-order valence-corrected chi connectivity index (χ3v) is 4.32. The summed E-state index contributed by atoms with van der Waals surface area (Å²) in [6, 6.07) is 13.0. The maximum absolute atomic E-state index is 13.7. The molecule has 0 aliphatic heterocycles. The zero-order chi connectivity index (χ0) is 17.1. The quantitative estimate of drug-likeness (QED) is 0.855. The van der Waals surface area contributed by atoms with Gasteiger partial charge in [0.1, 0.15) is 11.6 Å². The number of hydrogen-bond acceptors (Lipinski definition) is 2. The Balaban J connectivity index is 1.48. The molecule has 1 aliphatic rings. The topological polar surface area (TPSA) is 49.3 Å². The van der Waals surface area contributed by atoms with E-state index >= 15 is 0 Å². The lowest BCUT2D eigenvalue weighted by atomic mass is 10.1. The highest BCUT2D eigenvalue weighted by Crippen LogP contribution is 2.48. The highest BCUT2D eigenvalue weighted by molar-refractivity contribution is 5.82. The minimum Gasteiger partial charge on any atom is -0.391 e. The molecule has 1 saturated carbocycles. The number of amides is 1. The zero-order valence-corrected chi connectivity index (χ0v) is 13.1. The first-order valence-electron chi connectivity index (χ1n) is 7.99. The number of carbonyl (C=O) groups excluding carboxylic acids is 1. The fourth-order valence-corrected chi connectivity index (χ4v) is 2.94. The Morgan fingerprint density at radius 2 is 1.96 bits per heavy atom. The van der Waals surface area contributed by atoms with Crippen LogP contribution in [0.2, 0.25) is 0 Å². The van der Waals surface area contributed by atoms with E-state index in [2.05, 4.69) is 5.32 Å². The molecule has 0 saturated heterocycles. The first-order chi connectivity index (χ1) is 11.5. The fourth-order valence-electron chi connectivity index (χ4n) is 2.94. The van der Waals surface area contributed by atoms with Gasteiger partial charge in [0.25, 0.3) is 0 Å². The summed E-state index contributed by atoms with van der Waals surface area (Å²) in [4.78, 5) is 12.1. The molecular formula is C19H19F2NO2. The van der Waals surface area contributed by atoms with Crippen molar-refractivity contribution in [1.29, 1.82) is 0 Å². The number of hydrogen-bond donors (Lipinski definition) is 2. The lowest BCUT2D eigenvalue weighted by Crippen LogP contribution is -2.34. The average molecular weight is 331 g/mol. The first-order valence-corrected chi connectivity index (χ1v) is 7.99. The summed E-state index contributed by atoms with van der Waals surface area (Å²) in [5.41, 5.74) is 1.37. The molecule has 126 valence electrons. The second-order valence-corrected chi connectivity index (χ2v) is 6.20. The average Bonchev–Trinajstić information content (AvgIpc) is 3.34. The van der Waals surface area contributed by atoms with Gasteiger partial charge < -0.3 is 10.4 Å². The lowest BCUT2D eigenvalue weighted by Gasteiger charge is -2.12. The zero-order valence-electron chi connectivity index (χ0n) is 13.1. The van der Waals surface area contributed by atoms with Crippen molar-refractivity contribution >= 4 is 5.91 Å². The SMILES string of the molecule is O=C(NCC(O)Cc1ccccc1)C1CC1c1ccc(F)cc1F. The number of aliphatic hydroxyl groups is 1. The number of nitrogens with one attached hydrogen (secondary N) is 1. The van der Waals surface area contributed by atoms with E-state index < -0.39 is 17.7 Å². The molecule has 0 spiro atoms. The van der Waals surface area contributed by atoms with Gasteiger partial charge in [-0.2, -0.15) is 0 Å². The van der Waals surface area contributed by atoms with E-state index in [-0.39, 0.29) is 24.3 Å². The van der Waals surface area contributed by atoms with Crippen LogP contribution in [0, 0.1) is 17.6 Å². The molecule has 2 N–H and O–H groups in total. The summed E-state index contributed by atoms with van der Waals surface area (Å²) in [5, 5.41) is 12.7. The summed E-state index contributed by atoms with van der Waals surface area (Å²) in [6.07, 6.45) is 0.335. The molecule has 3 atom stereocenters. The van der Waals surface area contributed by atoms with Gasteiger partial charge in [0.15, 0.2) is 0 Å². The van der Waals surface area contributed by atoms with E-state index in [9.17, 15) is 18.7 Å². The van der Waals surface area contributed by atoms with Crippen LogP contribution in [0.25, 0.3) is 0 Å². The normalized spacial score (nSPS) is 20.5. The summed E-state index contributed by atoms with van der Waals surface area (Å²) in [7, 11) is 0. The van der Waals surface area contributed by atoms with Crippen LogP contribution in [-0.4, -0.2) is 23.7 Å². The van der Waals surface area contributed by atoms with Crippen LogP contribution in [0.5, 0.6) is 0 Å². The second-order valence-electron chi connectivity index (χ2n) is 6.20. The van der Waals surface area contributed by atoms with E-state index in [1.807, 2.05) is 30.3 Å². The molecule has 0 radical (unpaired) electrons. The second kappa shape index (κ2) is 7.09. The molecular weight excluding hydrogens is 312 g/mol. The van der Waals surface area contributed by atoms with Gasteiger partial charge in [-0.1, -0.05) is 36.4 Å². The van der Waals surface area contributed by atoms with Crippen LogP contribution in [0.1, 0.15) is 23.5 Å². The number of benzene rings is 2. The van der Waals surface area contributed by atoms with Gasteiger partial charge in [0.2, 0.25) is 5.91 Å². The number of carbonyl (C=O) groups is 1. The lowest BCUT2D eigenvalue weighted by molar-refractivity contribution is -0.122. The van der Waals surface area contributed by atoms with Crippen molar-refractivity contribution in [2.24, 2.45) is 5.92 Å². The third-order valence-electron chi connectivity index (χ3n) is 4.32. The fraction of sp³-hybridized carbons (Fsp3) is 0.316. The Kier molecular flexibility index (Phi) is 4.90. The van der Waals surface area contributed by atoms with Crippen molar-refractivity contribution in [2.75, 3.05) is 6.54 Å². The Morgan fingerprint density at radius 1 is 1.21 bits per heavy atom. The predicted octanol–water partition coefficient (Wildman–Crippen LogP) is 2.79. The van der Waals surface area contributed by atoms with Crippen LogP contribution in [0.3, 0.4) is 0 Å². The third kappa shape index (κ3) is 3.97. The van der Waals surface area contributed by atoms with Crippen LogP contribution in [0.15, 0.2) is 48.5 Å². The largest absolute Gasteiger partial charge is 0.391 e. The minimum atomic E-state index is -0.670.